The number of nitrogens with one attached hydrogen (secondary N) is 1. The van der Waals surface area contributed by atoms with Gasteiger partial charge < -0.3 is 10.1 Å². The van der Waals surface area contributed by atoms with Crippen LogP contribution in [0, 0.1) is 0 Å². The molecule has 1 rings (SSSR count). The van der Waals surface area contributed by atoms with Crippen molar-refractivity contribution in [2.75, 3.05) is 7.11 Å². The fraction of sp³-hybridized carbons (Fsp3) is 0.462. The standard InChI is InChI=1S/C13H17BrClNO4S/c1-5-13(2,3)16-12(17)8-6-9(14)11(20-4)10(7-8)21(15,18)19/h6-7H,5H2,1-4H3,(H,16,17). The molecule has 0 saturated heterocycles. The number of ether oxygens (including phenoxy) is 1. The molecule has 5 nitrogen and oxygen atoms in total. The molecule has 0 spiro atoms. The van der Waals surface area contributed by atoms with Crippen LogP contribution in [0.4, 0.5) is 0 Å². The third-order valence-electron chi connectivity index (χ3n) is 3.07. The molecule has 1 aromatic rings. The number of carbonyl (C=O) groups excluding carboxylic acids is 1. The maximum absolute atomic E-state index is 12.2. The molecule has 0 unspecified atom stereocenters. The van der Waals surface area contributed by atoms with Crippen LogP contribution in [0.2, 0.25) is 0 Å². The number of methoxy groups -OCH3 is 1. The van der Waals surface area contributed by atoms with Crippen molar-refractivity contribution in [1.29, 1.82) is 0 Å². The van der Waals surface area contributed by atoms with Crippen LogP contribution in [0.15, 0.2) is 21.5 Å². The molecule has 1 N–H and O–H groups in total. The van der Waals surface area contributed by atoms with Crippen LogP contribution in [0.1, 0.15) is 37.6 Å². The Labute approximate surface area is 137 Å². The zero-order valence-corrected chi connectivity index (χ0v) is 15.3. The lowest BCUT2D eigenvalue weighted by molar-refractivity contribution is 0.0911. The SMILES string of the molecule is CCC(C)(C)NC(=O)c1cc(Br)c(OC)c(S(=O)(=O)Cl)c1. The number of hydrogen-bond acceptors (Lipinski definition) is 4. The number of halogens is 2. The van der Waals surface area contributed by atoms with Gasteiger partial charge in [0.15, 0.2) is 5.75 Å². The molecule has 1 amide bonds. The molecule has 0 aromatic heterocycles. The quantitative estimate of drug-likeness (QED) is 0.772. The zero-order chi connectivity index (χ0) is 16.4. The minimum absolute atomic E-state index is 0.0660. The van der Waals surface area contributed by atoms with Gasteiger partial charge in [-0.15, -0.1) is 0 Å². The van der Waals surface area contributed by atoms with Gasteiger partial charge in [-0.1, -0.05) is 6.92 Å². The van der Waals surface area contributed by atoms with E-state index in [9.17, 15) is 13.2 Å². The Morgan fingerprint density at radius 2 is 2.00 bits per heavy atom. The van der Waals surface area contributed by atoms with E-state index in [1.807, 2.05) is 20.8 Å². The molecular weight excluding hydrogens is 382 g/mol. The number of benzene rings is 1. The van der Waals surface area contributed by atoms with Crippen LogP contribution in [-0.4, -0.2) is 27.0 Å². The molecule has 0 aliphatic carbocycles. The highest BCUT2D eigenvalue weighted by atomic mass is 79.9. The number of rotatable bonds is 5. The van der Waals surface area contributed by atoms with Crippen molar-refractivity contribution in [2.45, 2.75) is 37.6 Å². The highest BCUT2D eigenvalue weighted by molar-refractivity contribution is 9.10. The lowest BCUT2D eigenvalue weighted by atomic mass is 10.0. The average Bonchev–Trinajstić information content (AvgIpc) is 2.36. The smallest absolute Gasteiger partial charge is 0.265 e. The van der Waals surface area contributed by atoms with E-state index in [4.69, 9.17) is 15.4 Å². The van der Waals surface area contributed by atoms with Crippen molar-refractivity contribution in [3.05, 3.63) is 22.2 Å². The van der Waals surface area contributed by atoms with Crippen molar-refractivity contribution in [3.63, 3.8) is 0 Å². The van der Waals surface area contributed by atoms with E-state index in [1.54, 1.807) is 0 Å². The van der Waals surface area contributed by atoms with Gasteiger partial charge >= 0.3 is 0 Å². The summed E-state index contributed by atoms with van der Waals surface area (Å²) in [7, 11) is 2.68. The summed E-state index contributed by atoms with van der Waals surface area (Å²) in [6.45, 7) is 5.70. The fourth-order valence-corrected chi connectivity index (χ4v) is 3.33. The lowest BCUT2D eigenvalue weighted by Crippen LogP contribution is -2.42. The summed E-state index contributed by atoms with van der Waals surface area (Å²) in [6, 6.07) is 2.69. The van der Waals surface area contributed by atoms with Crippen molar-refractivity contribution >= 4 is 41.6 Å². The van der Waals surface area contributed by atoms with Crippen LogP contribution in [0.3, 0.4) is 0 Å². The minimum atomic E-state index is -4.04. The van der Waals surface area contributed by atoms with Crippen LogP contribution in [-0.2, 0) is 9.05 Å². The first kappa shape index (κ1) is 18.3. The zero-order valence-electron chi connectivity index (χ0n) is 12.2. The average molecular weight is 399 g/mol. The Kier molecular flexibility index (Phi) is 5.69. The lowest BCUT2D eigenvalue weighted by Gasteiger charge is -2.24. The predicted octanol–water partition coefficient (Wildman–Crippen LogP) is 3.30. The molecule has 0 bridgehead atoms. The molecule has 0 heterocycles. The van der Waals surface area contributed by atoms with E-state index in [0.29, 0.717) is 4.47 Å². The summed E-state index contributed by atoms with van der Waals surface area (Å²) in [5.74, 6) is -0.317. The van der Waals surface area contributed by atoms with E-state index < -0.39 is 14.6 Å². The van der Waals surface area contributed by atoms with Gasteiger partial charge in [0.1, 0.15) is 4.90 Å². The van der Waals surface area contributed by atoms with Crippen molar-refractivity contribution in [3.8, 4) is 5.75 Å². The van der Waals surface area contributed by atoms with E-state index in [0.717, 1.165) is 6.42 Å². The third kappa shape index (κ3) is 4.59. The fourth-order valence-electron chi connectivity index (χ4n) is 1.55. The second kappa shape index (κ2) is 6.54. The molecule has 1 aromatic carbocycles. The summed E-state index contributed by atoms with van der Waals surface area (Å²) in [4.78, 5) is 12.0. The Hall–Kier alpha value is -0.790. The van der Waals surface area contributed by atoms with Crippen LogP contribution >= 0.6 is 26.6 Å². The molecule has 0 fully saturated rings. The summed E-state index contributed by atoms with van der Waals surface area (Å²) in [5, 5.41) is 2.83. The van der Waals surface area contributed by atoms with E-state index in [-0.39, 0.29) is 22.1 Å². The second-order valence-electron chi connectivity index (χ2n) is 5.12. The molecule has 0 atom stereocenters. The number of hydrogen-bond donors (Lipinski definition) is 1. The van der Waals surface area contributed by atoms with Gasteiger partial charge in [0.2, 0.25) is 0 Å². The van der Waals surface area contributed by atoms with E-state index >= 15 is 0 Å². The van der Waals surface area contributed by atoms with Gasteiger partial charge in [0.05, 0.1) is 11.6 Å². The van der Waals surface area contributed by atoms with Gasteiger partial charge in [-0.3, -0.25) is 4.79 Å². The highest BCUT2D eigenvalue weighted by Crippen LogP contribution is 2.35. The summed E-state index contributed by atoms with van der Waals surface area (Å²) < 4.78 is 28.6. The van der Waals surface area contributed by atoms with Crippen molar-refractivity contribution in [2.24, 2.45) is 0 Å². The number of carbonyl (C=O) groups is 1. The first-order valence-electron chi connectivity index (χ1n) is 6.16. The molecule has 0 aliphatic rings. The van der Waals surface area contributed by atoms with Gasteiger partial charge in [-0.25, -0.2) is 8.42 Å². The van der Waals surface area contributed by atoms with Crippen LogP contribution in [0.25, 0.3) is 0 Å². The molecule has 118 valence electrons. The Morgan fingerprint density at radius 1 is 1.43 bits per heavy atom. The topological polar surface area (TPSA) is 72.5 Å². The summed E-state index contributed by atoms with van der Waals surface area (Å²) >= 11 is 3.19. The van der Waals surface area contributed by atoms with E-state index in [2.05, 4.69) is 21.2 Å². The van der Waals surface area contributed by atoms with Crippen molar-refractivity contribution < 1.29 is 17.9 Å². The van der Waals surface area contributed by atoms with Crippen LogP contribution < -0.4 is 10.1 Å². The molecule has 8 heteroatoms. The van der Waals surface area contributed by atoms with E-state index in [1.165, 1.54) is 19.2 Å². The first-order valence-corrected chi connectivity index (χ1v) is 9.26. The first-order chi connectivity index (χ1) is 9.51. The minimum Gasteiger partial charge on any atom is -0.494 e. The normalized spacial score (nSPS) is 12.1. The third-order valence-corrected chi connectivity index (χ3v) is 4.99. The van der Waals surface area contributed by atoms with Gasteiger partial charge in [0, 0.05) is 21.8 Å². The summed E-state index contributed by atoms with van der Waals surface area (Å²) in [5.41, 5.74) is -0.216. The predicted molar refractivity (Wildman–Crippen MR) is 85.6 cm³/mol. The van der Waals surface area contributed by atoms with Gasteiger partial charge in [-0.05, 0) is 48.3 Å². The maximum Gasteiger partial charge on any atom is 0.265 e. The monoisotopic (exact) mass is 397 g/mol. The molecule has 0 radical (unpaired) electrons. The summed E-state index contributed by atoms with van der Waals surface area (Å²) in [6.07, 6.45) is 0.733. The van der Waals surface area contributed by atoms with Crippen molar-refractivity contribution in [1.82, 2.24) is 5.32 Å². The molecule has 0 aliphatic heterocycles. The molecular formula is C13H17BrClNO4S. The Morgan fingerprint density at radius 3 is 2.43 bits per heavy atom. The number of amides is 1. The maximum atomic E-state index is 12.2. The molecule has 0 saturated carbocycles. The molecule has 21 heavy (non-hydrogen) atoms. The highest BCUT2D eigenvalue weighted by Gasteiger charge is 2.24. The Bertz CT molecular complexity index is 658. The van der Waals surface area contributed by atoms with Gasteiger partial charge in [-0.2, -0.15) is 0 Å². The van der Waals surface area contributed by atoms with Crippen LogP contribution in [0.5, 0.6) is 5.75 Å². The second-order valence-corrected chi connectivity index (χ2v) is 8.51. The Balaban J connectivity index is 3.35. The van der Waals surface area contributed by atoms with Gasteiger partial charge in [0.25, 0.3) is 15.0 Å². The largest absolute Gasteiger partial charge is 0.494 e.